The highest BCUT2D eigenvalue weighted by molar-refractivity contribution is 5.23. The summed E-state index contributed by atoms with van der Waals surface area (Å²) in [6.07, 6.45) is 3.73. The van der Waals surface area contributed by atoms with E-state index in [-0.39, 0.29) is 6.10 Å². The van der Waals surface area contributed by atoms with Crippen LogP contribution in [0.1, 0.15) is 23.7 Å². The van der Waals surface area contributed by atoms with E-state index in [2.05, 4.69) is 36.2 Å². The van der Waals surface area contributed by atoms with E-state index >= 15 is 0 Å². The summed E-state index contributed by atoms with van der Waals surface area (Å²) in [5.74, 6) is 0. The molecule has 1 N–H and O–H groups in total. The molecule has 2 rings (SSSR count). The zero-order chi connectivity index (χ0) is 12.8. The number of hydrogen-bond acceptors (Lipinski definition) is 2. The molecule has 1 aromatic carbocycles. The Labute approximate surface area is 108 Å². The number of hydrogen-bond donors (Lipinski definition) is 1. The molecule has 1 heterocycles. The summed E-state index contributed by atoms with van der Waals surface area (Å²) in [6, 6.07) is 14.2. The quantitative estimate of drug-likeness (QED) is 0.873. The summed E-state index contributed by atoms with van der Waals surface area (Å²) in [4.78, 5) is 4.23. The van der Waals surface area contributed by atoms with Gasteiger partial charge in [-0.15, -0.1) is 0 Å². The van der Waals surface area contributed by atoms with Crippen LogP contribution in [-0.2, 0) is 19.3 Å². The average molecular weight is 241 g/mol. The topological polar surface area (TPSA) is 33.1 Å². The summed E-state index contributed by atoms with van der Waals surface area (Å²) < 4.78 is 0. The van der Waals surface area contributed by atoms with Gasteiger partial charge in [0.1, 0.15) is 0 Å². The minimum absolute atomic E-state index is 0.368. The van der Waals surface area contributed by atoms with Crippen LogP contribution < -0.4 is 0 Å². The molecule has 18 heavy (non-hydrogen) atoms. The molecule has 0 saturated carbocycles. The summed E-state index contributed by atoms with van der Waals surface area (Å²) in [6.45, 7) is 2.14. The molecule has 94 valence electrons. The van der Waals surface area contributed by atoms with Crippen LogP contribution in [-0.4, -0.2) is 16.2 Å². The normalized spacial score (nSPS) is 12.3. The third-order valence-electron chi connectivity index (χ3n) is 3.07. The average Bonchev–Trinajstić information content (AvgIpc) is 2.40. The Kier molecular flexibility index (Phi) is 4.48. The van der Waals surface area contributed by atoms with Gasteiger partial charge >= 0.3 is 0 Å². The zero-order valence-electron chi connectivity index (χ0n) is 10.7. The maximum Gasteiger partial charge on any atom is 0.0635 e. The smallest absolute Gasteiger partial charge is 0.0635 e. The van der Waals surface area contributed by atoms with E-state index in [1.165, 1.54) is 11.1 Å². The van der Waals surface area contributed by atoms with Crippen molar-refractivity contribution >= 4 is 0 Å². The van der Waals surface area contributed by atoms with Crippen LogP contribution in [0, 0.1) is 0 Å². The van der Waals surface area contributed by atoms with Gasteiger partial charge in [0.05, 0.1) is 6.10 Å². The molecule has 2 heteroatoms. The molecule has 0 saturated heterocycles. The van der Waals surface area contributed by atoms with E-state index in [4.69, 9.17) is 0 Å². The highest BCUT2D eigenvalue weighted by Gasteiger charge is 2.07. The van der Waals surface area contributed by atoms with E-state index in [0.29, 0.717) is 12.8 Å². The van der Waals surface area contributed by atoms with Crippen LogP contribution >= 0.6 is 0 Å². The Morgan fingerprint density at radius 3 is 2.33 bits per heavy atom. The van der Waals surface area contributed by atoms with Crippen molar-refractivity contribution < 1.29 is 5.11 Å². The summed E-state index contributed by atoms with van der Waals surface area (Å²) in [5, 5.41) is 10.0. The van der Waals surface area contributed by atoms with Gasteiger partial charge in [-0.1, -0.05) is 37.3 Å². The molecule has 0 aliphatic carbocycles. The van der Waals surface area contributed by atoms with Gasteiger partial charge < -0.3 is 5.11 Å². The van der Waals surface area contributed by atoms with Crippen molar-refractivity contribution in [3.63, 3.8) is 0 Å². The lowest BCUT2D eigenvalue weighted by molar-refractivity contribution is 0.174. The monoisotopic (exact) mass is 241 g/mol. The van der Waals surface area contributed by atoms with Crippen LogP contribution in [0.3, 0.4) is 0 Å². The van der Waals surface area contributed by atoms with Crippen LogP contribution in [0.2, 0.25) is 0 Å². The molecule has 0 bridgehead atoms. The van der Waals surface area contributed by atoms with Gasteiger partial charge in [-0.25, -0.2) is 0 Å². The van der Waals surface area contributed by atoms with Gasteiger partial charge in [-0.2, -0.15) is 0 Å². The molecule has 0 amide bonds. The Hall–Kier alpha value is -1.67. The maximum atomic E-state index is 10.0. The summed E-state index contributed by atoms with van der Waals surface area (Å²) >= 11 is 0. The van der Waals surface area contributed by atoms with Gasteiger partial charge in [0.15, 0.2) is 0 Å². The number of nitrogens with zero attached hydrogens (tertiary/aromatic N) is 1. The lowest BCUT2D eigenvalue weighted by atomic mass is 10.0. The van der Waals surface area contributed by atoms with Crippen molar-refractivity contribution in [3.05, 3.63) is 65.5 Å². The second kappa shape index (κ2) is 6.31. The molecule has 1 atom stereocenters. The number of aromatic nitrogens is 1. The third kappa shape index (κ3) is 3.67. The van der Waals surface area contributed by atoms with Crippen LogP contribution in [0.4, 0.5) is 0 Å². The first-order valence-electron chi connectivity index (χ1n) is 6.43. The van der Waals surface area contributed by atoms with E-state index in [0.717, 1.165) is 12.1 Å². The van der Waals surface area contributed by atoms with Gasteiger partial charge in [0.25, 0.3) is 0 Å². The van der Waals surface area contributed by atoms with Crippen LogP contribution in [0.15, 0.2) is 48.7 Å². The molecule has 0 radical (unpaired) electrons. The van der Waals surface area contributed by atoms with Crippen molar-refractivity contribution in [1.29, 1.82) is 0 Å². The number of rotatable bonds is 5. The number of benzene rings is 1. The maximum absolute atomic E-state index is 10.0. The van der Waals surface area contributed by atoms with E-state index in [1.807, 2.05) is 18.2 Å². The second-order valence-corrected chi connectivity index (χ2v) is 4.55. The molecule has 0 aliphatic heterocycles. The molecule has 0 spiro atoms. The molecular weight excluding hydrogens is 222 g/mol. The van der Waals surface area contributed by atoms with E-state index in [1.54, 1.807) is 6.20 Å². The van der Waals surface area contributed by atoms with Crippen molar-refractivity contribution in [2.45, 2.75) is 32.3 Å². The van der Waals surface area contributed by atoms with Gasteiger partial charge in [-0.3, -0.25) is 4.98 Å². The molecule has 0 fully saturated rings. The first kappa shape index (κ1) is 12.8. The third-order valence-corrected chi connectivity index (χ3v) is 3.07. The fraction of sp³-hybridized carbons (Fsp3) is 0.312. The predicted molar refractivity (Wildman–Crippen MR) is 73.5 cm³/mol. The second-order valence-electron chi connectivity index (χ2n) is 4.55. The van der Waals surface area contributed by atoms with Crippen molar-refractivity contribution in [2.75, 3.05) is 0 Å². The Morgan fingerprint density at radius 1 is 1.00 bits per heavy atom. The number of aliphatic hydroxyl groups is 1. The van der Waals surface area contributed by atoms with Crippen LogP contribution in [0.25, 0.3) is 0 Å². The molecule has 0 aliphatic rings. The summed E-state index contributed by atoms with van der Waals surface area (Å²) in [5.41, 5.74) is 3.45. The molecule has 2 aromatic rings. The number of aryl methyl sites for hydroxylation is 1. The van der Waals surface area contributed by atoms with Gasteiger partial charge in [-0.05, 0) is 36.1 Å². The SMILES string of the molecule is CCc1ccc(CC(O)Cc2ccccn2)cc1. The zero-order valence-corrected chi connectivity index (χ0v) is 10.7. The Morgan fingerprint density at radius 2 is 1.72 bits per heavy atom. The van der Waals surface area contributed by atoms with Crippen molar-refractivity contribution in [2.24, 2.45) is 0 Å². The highest BCUT2D eigenvalue weighted by atomic mass is 16.3. The fourth-order valence-electron chi connectivity index (χ4n) is 2.02. The molecule has 2 nitrogen and oxygen atoms in total. The van der Waals surface area contributed by atoms with E-state index in [9.17, 15) is 5.11 Å². The first-order chi connectivity index (χ1) is 8.78. The standard InChI is InChI=1S/C16H19NO/c1-2-13-6-8-14(9-7-13)11-16(18)12-15-5-3-4-10-17-15/h3-10,16,18H,2,11-12H2,1H3. The number of pyridine rings is 1. The van der Waals surface area contributed by atoms with Crippen molar-refractivity contribution in [3.8, 4) is 0 Å². The Bertz CT molecular complexity index is 464. The number of aliphatic hydroxyl groups excluding tert-OH is 1. The fourth-order valence-corrected chi connectivity index (χ4v) is 2.02. The molecule has 1 unspecified atom stereocenters. The Balaban J connectivity index is 1.92. The predicted octanol–water partition coefficient (Wildman–Crippen LogP) is 2.79. The molecule has 1 aromatic heterocycles. The lowest BCUT2D eigenvalue weighted by Crippen LogP contribution is -2.14. The van der Waals surface area contributed by atoms with Gasteiger partial charge in [0.2, 0.25) is 0 Å². The molecular formula is C16H19NO. The first-order valence-corrected chi connectivity index (χ1v) is 6.43. The highest BCUT2D eigenvalue weighted by Crippen LogP contribution is 2.10. The minimum atomic E-state index is -0.368. The van der Waals surface area contributed by atoms with Crippen molar-refractivity contribution in [1.82, 2.24) is 4.98 Å². The van der Waals surface area contributed by atoms with Gasteiger partial charge in [0, 0.05) is 18.3 Å². The lowest BCUT2D eigenvalue weighted by Gasteiger charge is -2.10. The minimum Gasteiger partial charge on any atom is -0.392 e. The summed E-state index contributed by atoms with van der Waals surface area (Å²) in [7, 11) is 0. The van der Waals surface area contributed by atoms with E-state index < -0.39 is 0 Å². The van der Waals surface area contributed by atoms with Crippen LogP contribution in [0.5, 0.6) is 0 Å². The largest absolute Gasteiger partial charge is 0.392 e.